The predicted molar refractivity (Wildman–Crippen MR) is 72.9 cm³/mol. The first-order chi connectivity index (χ1) is 8.50. The summed E-state index contributed by atoms with van der Waals surface area (Å²) >= 11 is 0. The Labute approximate surface area is 109 Å². The largest absolute Gasteiger partial charge is 0.491 e. The van der Waals surface area contributed by atoms with E-state index < -0.39 is 5.54 Å². The van der Waals surface area contributed by atoms with Gasteiger partial charge in [0.25, 0.3) is 0 Å². The Morgan fingerprint density at radius 2 is 2.11 bits per heavy atom. The second-order valence-corrected chi connectivity index (χ2v) is 5.73. The highest BCUT2D eigenvalue weighted by Crippen LogP contribution is 2.27. The molecule has 0 saturated heterocycles. The minimum Gasteiger partial charge on any atom is -0.491 e. The summed E-state index contributed by atoms with van der Waals surface area (Å²) in [5, 5.41) is 9.16. The van der Waals surface area contributed by atoms with Crippen LogP contribution in [-0.4, -0.2) is 23.4 Å². The molecule has 3 N–H and O–H groups in total. The van der Waals surface area contributed by atoms with Gasteiger partial charge in [-0.1, -0.05) is 6.07 Å². The van der Waals surface area contributed by atoms with Crippen LogP contribution in [0.3, 0.4) is 0 Å². The van der Waals surface area contributed by atoms with Gasteiger partial charge in [0.15, 0.2) is 0 Å². The second-order valence-electron chi connectivity index (χ2n) is 5.73. The van der Waals surface area contributed by atoms with Crippen LogP contribution in [0.15, 0.2) is 18.2 Å². The molecule has 0 amide bonds. The number of ether oxygens (including phenoxy) is 1. The standard InChI is InChI=1S/C15H23NO2/c1-11(9-15(2,16)10-17)18-14-7-6-12-4-3-5-13(12)8-14/h6-8,11,17H,3-5,9-10,16H2,1-2H3. The third kappa shape index (κ3) is 3.24. The molecule has 2 atom stereocenters. The van der Waals surface area contributed by atoms with Crippen molar-refractivity contribution in [1.29, 1.82) is 0 Å². The van der Waals surface area contributed by atoms with E-state index in [0.717, 1.165) is 12.2 Å². The number of aliphatic hydroxyl groups excluding tert-OH is 1. The number of rotatable bonds is 5. The normalized spacial score (nSPS) is 19.1. The molecular formula is C15H23NO2. The summed E-state index contributed by atoms with van der Waals surface area (Å²) in [5.41, 5.74) is 8.22. The lowest BCUT2D eigenvalue weighted by Gasteiger charge is -2.26. The SMILES string of the molecule is CC(CC(C)(N)CO)Oc1ccc2c(c1)CCC2. The molecule has 0 bridgehead atoms. The van der Waals surface area contributed by atoms with Crippen LogP contribution in [-0.2, 0) is 12.8 Å². The number of fused-ring (bicyclic) bond motifs is 1. The van der Waals surface area contributed by atoms with Gasteiger partial charge in [0, 0.05) is 12.0 Å². The van der Waals surface area contributed by atoms with Crippen LogP contribution >= 0.6 is 0 Å². The van der Waals surface area contributed by atoms with Crippen molar-refractivity contribution < 1.29 is 9.84 Å². The molecule has 0 fully saturated rings. The zero-order chi connectivity index (χ0) is 13.2. The number of benzene rings is 1. The van der Waals surface area contributed by atoms with E-state index in [0.29, 0.717) is 6.42 Å². The fourth-order valence-electron chi connectivity index (χ4n) is 2.62. The molecule has 0 radical (unpaired) electrons. The molecule has 3 nitrogen and oxygen atoms in total. The topological polar surface area (TPSA) is 55.5 Å². The van der Waals surface area contributed by atoms with Gasteiger partial charge in [-0.3, -0.25) is 0 Å². The number of aryl methyl sites for hydroxylation is 2. The van der Waals surface area contributed by atoms with Gasteiger partial charge in [0.05, 0.1) is 12.7 Å². The molecule has 1 aromatic rings. The average molecular weight is 249 g/mol. The van der Waals surface area contributed by atoms with E-state index in [1.807, 2.05) is 19.9 Å². The van der Waals surface area contributed by atoms with Gasteiger partial charge < -0.3 is 15.6 Å². The van der Waals surface area contributed by atoms with Crippen LogP contribution in [0.1, 0.15) is 37.8 Å². The predicted octanol–water partition coefficient (Wildman–Crippen LogP) is 2.04. The summed E-state index contributed by atoms with van der Waals surface area (Å²) in [5.74, 6) is 0.914. The van der Waals surface area contributed by atoms with Crippen molar-refractivity contribution in [3.8, 4) is 5.75 Å². The second kappa shape index (κ2) is 5.29. The fourth-order valence-corrected chi connectivity index (χ4v) is 2.62. The van der Waals surface area contributed by atoms with Gasteiger partial charge >= 0.3 is 0 Å². The molecule has 0 aromatic heterocycles. The third-order valence-corrected chi connectivity index (χ3v) is 3.52. The monoisotopic (exact) mass is 249 g/mol. The molecule has 0 aliphatic heterocycles. The summed E-state index contributed by atoms with van der Waals surface area (Å²) in [7, 11) is 0. The van der Waals surface area contributed by atoms with Crippen molar-refractivity contribution in [3.05, 3.63) is 29.3 Å². The van der Waals surface area contributed by atoms with Crippen LogP contribution in [0.2, 0.25) is 0 Å². The molecule has 1 aliphatic carbocycles. The summed E-state index contributed by atoms with van der Waals surface area (Å²) in [6.45, 7) is 3.81. The van der Waals surface area contributed by atoms with Crippen molar-refractivity contribution in [3.63, 3.8) is 0 Å². The molecule has 0 spiro atoms. The average Bonchev–Trinajstić information content (AvgIpc) is 2.75. The zero-order valence-corrected chi connectivity index (χ0v) is 11.3. The smallest absolute Gasteiger partial charge is 0.119 e. The van der Waals surface area contributed by atoms with Crippen molar-refractivity contribution in [2.45, 2.75) is 51.2 Å². The lowest BCUT2D eigenvalue weighted by molar-refractivity contribution is 0.133. The van der Waals surface area contributed by atoms with E-state index in [2.05, 4.69) is 12.1 Å². The lowest BCUT2D eigenvalue weighted by atomic mass is 9.97. The van der Waals surface area contributed by atoms with E-state index in [4.69, 9.17) is 15.6 Å². The maximum atomic E-state index is 9.16. The van der Waals surface area contributed by atoms with Gasteiger partial charge in [-0.2, -0.15) is 0 Å². The molecule has 2 unspecified atom stereocenters. The Morgan fingerprint density at radius 3 is 2.83 bits per heavy atom. The minimum absolute atomic E-state index is 0.00611. The van der Waals surface area contributed by atoms with Crippen molar-refractivity contribution in [1.82, 2.24) is 0 Å². The first-order valence-corrected chi connectivity index (χ1v) is 6.68. The van der Waals surface area contributed by atoms with E-state index in [1.165, 1.54) is 24.0 Å². The van der Waals surface area contributed by atoms with E-state index in [-0.39, 0.29) is 12.7 Å². The molecule has 3 heteroatoms. The summed E-state index contributed by atoms with van der Waals surface area (Å²) < 4.78 is 5.89. The van der Waals surface area contributed by atoms with Crippen LogP contribution in [0.25, 0.3) is 0 Å². The van der Waals surface area contributed by atoms with Crippen LogP contribution in [0, 0.1) is 0 Å². The van der Waals surface area contributed by atoms with Gasteiger partial charge in [0.2, 0.25) is 0 Å². The number of hydrogen-bond donors (Lipinski definition) is 2. The Bertz CT molecular complexity index is 415. The van der Waals surface area contributed by atoms with Gasteiger partial charge in [-0.05, 0) is 56.4 Å². The summed E-state index contributed by atoms with van der Waals surface area (Å²) in [6, 6.07) is 6.34. The molecule has 0 heterocycles. The number of aliphatic hydroxyl groups is 1. The molecule has 1 aromatic carbocycles. The highest BCUT2D eigenvalue weighted by Gasteiger charge is 2.22. The Kier molecular flexibility index (Phi) is 3.93. The van der Waals surface area contributed by atoms with Crippen LogP contribution in [0.5, 0.6) is 5.75 Å². The van der Waals surface area contributed by atoms with E-state index in [9.17, 15) is 0 Å². The number of nitrogens with two attached hydrogens (primary N) is 1. The molecule has 18 heavy (non-hydrogen) atoms. The van der Waals surface area contributed by atoms with Crippen molar-refractivity contribution >= 4 is 0 Å². The minimum atomic E-state index is -0.573. The van der Waals surface area contributed by atoms with Gasteiger partial charge in [-0.25, -0.2) is 0 Å². The molecule has 100 valence electrons. The van der Waals surface area contributed by atoms with Gasteiger partial charge in [-0.15, -0.1) is 0 Å². The highest BCUT2D eigenvalue weighted by molar-refractivity contribution is 5.38. The summed E-state index contributed by atoms with van der Waals surface area (Å²) in [4.78, 5) is 0. The Morgan fingerprint density at radius 1 is 1.39 bits per heavy atom. The van der Waals surface area contributed by atoms with E-state index in [1.54, 1.807) is 0 Å². The van der Waals surface area contributed by atoms with Crippen molar-refractivity contribution in [2.24, 2.45) is 5.73 Å². The fraction of sp³-hybridized carbons (Fsp3) is 0.600. The van der Waals surface area contributed by atoms with Crippen LogP contribution < -0.4 is 10.5 Å². The Hall–Kier alpha value is -1.06. The molecule has 1 aliphatic rings. The molecule has 2 rings (SSSR count). The quantitative estimate of drug-likeness (QED) is 0.839. The van der Waals surface area contributed by atoms with Gasteiger partial charge in [0.1, 0.15) is 5.75 Å². The van der Waals surface area contributed by atoms with Crippen molar-refractivity contribution in [2.75, 3.05) is 6.61 Å². The number of hydrogen-bond acceptors (Lipinski definition) is 3. The first kappa shape index (κ1) is 13.4. The maximum absolute atomic E-state index is 9.16. The maximum Gasteiger partial charge on any atom is 0.119 e. The summed E-state index contributed by atoms with van der Waals surface area (Å²) in [6.07, 6.45) is 4.25. The van der Waals surface area contributed by atoms with E-state index >= 15 is 0 Å². The highest BCUT2D eigenvalue weighted by atomic mass is 16.5. The first-order valence-electron chi connectivity index (χ1n) is 6.68. The van der Waals surface area contributed by atoms with Crippen LogP contribution in [0.4, 0.5) is 0 Å². The lowest BCUT2D eigenvalue weighted by Crippen LogP contribution is -2.43. The molecular weight excluding hydrogens is 226 g/mol. The zero-order valence-electron chi connectivity index (χ0n) is 11.3. The molecule has 0 saturated carbocycles. The Balaban J connectivity index is 1.97. The third-order valence-electron chi connectivity index (χ3n) is 3.52.